The van der Waals surface area contributed by atoms with Gasteiger partial charge in [0.15, 0.2) is 5.69 Å². The smallest absolute Gasteiger partial charge is 0.358 e. The normalized spacial score (nSPS) is 14.2. The Morgan fingerprint density at radius 1 is 1.31 bits per heavy atom. The first-order valence-electron chi connectivity index (χ1n) is 8.22. The second-order valence-electron chi connectivity index (χ2n) is 6.44. The number of fused-ring (bicyclic) bond motifs is 1. The average Bonchev–Trinajstić information content (AvgIpc) is 3.03. The minimum absolute atomic E-state index is 0.0880. The van der Waals surface area contributed by atoms with E-state index in [-0.39, 0.29) is 5.69 Å². The van der Waals surface area contributed by atoms with Crippen LogP contribution in [0.4, 0.5) is 0 Å². The van der Waals surface area contributed by atoms with E-state index in [9.17, 15) is 4.79 Å². The summed E-state index contributed by atoms with van der Waals surface area (Å²) in [5.74, 6) is -0.507. The Morgan fingerprint density at radius 2 is 2.19 bits per heavy atom. The minimum Gasteiger partial charge on any atom is -0.476 e. The highest BCUT2D eigenvalue weighted by Crippen LogP contribution is 2.41. The third kappa shape index (κ3) is 2.53. The molecule has 0 bridgehead atoms. The summed E-state index contributed by atoms with van der Waals surface area (Å²) in [5, 5.41) is 20.2. The maximum absolute atomic E-state index is 10.9. The van der Waals surface area contributed by atoms with Crippen molar-refractivity contribution in [1.29, 1.82) is 0 Å². The molecule has 0 saturated heterocycles. The van der Waals surface area contributed by atoms with E-state index >= 15 is 0 Å². The fourth-order valence-electron chi connectivity index (χ4n) is 3.08. The van der Waals surface area contributed by atoms with Gasteiger partial charge in [-0.25, -0.2) is 14.5 Å². The summed E-state index contributed by atoms with van der Waals surface area (Å²) in [6, 6.07) is 2.15. The standard InChI is InChI=1S/C17H14N6O3/c24-17(25)15-8-23(21-20-15)7-13-6-22-5-11(10-1-2-10)3-14(16(22)19-13)12-4-18-26-9-12/h3-6,8-10H,1-2,7H2,(H,24,25). The Labute approximate surface area is 146 Å². The highest BCUT2D eigenvalue weighted by atomic mass is 16.5. The third-order valence-corrected chi connectivity index (χ3v) is 4.50. The van der Waals surface area contributed by atoms with Crippen LogP contribution in [0.2, 0.25) is 0 Å². The summed E-state index contributed by atoms with van der Waals surface area (Å²) in [7, 11) is 0. The van der Waals surface area contributed by atoms with E-state index in [0.29, 0.717) is 12.5 Å². The van der Waals surface area contributed by atoms with Crippen LogP contribution < -0.4 is 0 Å². The predicted octanol–water partition coefficient (Wildman–Crippen LogP) is 2.20. The maximum atomic E-state index is 10.9. The first-order chi connectivity index (χ1) is 12.7. The van der Waals surface area contributed by atoms with Gasteiger partial charge in [0.1, 0.15) is 11.9 Å². The van der Waals surface area contributed by atoms with Gasteiger partial charge >= 0.3 is 5.97 Å². The highest BCUT2D eigenvalue weighted by Gasteiger charge is 2.25. The first-order valence-corrected chi connectivity index (χ1v) is 8.22. The zero-order chi connectivity index (χ0) is 17.7. The van der Waals surface area contributed by atoms with Crippen LogP contribution in [0.25, 0.3) is 16.8 Å². The van der Waals surface area contributed by atoms with Crippen LogP contribution in [0.5, 0.6) is 0 Å². The summed E-state index contributed by atoms with van der Waals surface area (Å²) in [6.45, 7) is 0.337. The van der Waals surface area contributed by atoms with Crippen LogP contribution in [0.15, 0.2) is 41.6 Å². The van der Waals surface area contributed by atoms with Crippen molar-refractivity contribution in [3.05, 3.63) is 54.1 Å². The molecule has 9 nitrogen and oxygen atoms in total. The molecule has 0 unspecified atom stereocenters. The molecule has 1 aliphatic rings. The first kappa shape index (κ1) is 14.8. The van der Waals surface area contributed by atoms with Crippen molar-refractivity contribution in [2.45, 2.75) is 25.3 Å². The number of carbonyl (C=O) groups is 1. The molecule has 0 amide bonds. The van der Waals surface area contributed by atoms with E-state index in [1.54, 1.807) is 12.5 Å². The van der Waals surface area contributed by atoms with Crippen molar-refractivity contribution >= 4 is 11.6 Å². The van der Waals surface area contributed by atoms with E-state index in [4.69, 9.17) is 14.6 Å². The van der Waals surface area contributed by atoms with Crippen molar-refractivity contribution in [2.75, 3.05) is 0 Å². The van der Waals surface area contributed by atoms with Crippen LogP contribution >= 0.6 is 0 Å². The number of aromatic nitrogens is 6. The molecular formula is C17H14N6O3. The zero-order valence-corrected chi connectivity index (χ0v) is 13.6. The van der Waals surface area contributed by atoms with Gasteiger partial charge in [-0.3, -0.25) is 0 Å². The van der Waals surface area contributed by atoms with Crippen LogP contribution in [0.3, 0.4) is 0 Å². The number of rotatable bonds is 5. The highest BCUT2D eigenvalue weighted by molar-refractivity contribution is 5.84. The third-order valence-electron chi connectivity index (χ3n) is 4.50. The van der Waals surface area contributed by atoms with E-state index in [2.05, 4.69) is 27.7 Å². The lowest BCUT2D eigenvalue weighted by Gasteiger charge is -2.05. The fraction of sp³-hybridized carbons (Fsp3) is 0.235. The Morgan fingerprint density at radius 3 is 2.88 bits per heavy atom. The van der Waals surface area contributed by atoms with Crippen molar-refractivity contribution in [1.82, 2.24) is 29.5 Å². The van der Waals surface area contributed by atoms with Gasteiger partial charge in [0.05, 0.1) is 24.6 Å². The average molecular weight is 350 g/mol. The molecule has 4 heterocycles. The molecule has 1 fully saturated rings. The largest absolute Gasteiger partial charge is 0.476 e. The van der Waals surface area contributed by atoms with E-state index in [0.717, 1.165) is 22.5 Å². The van der Waals surface area contributed by atoms with Gasteiger partial charge in [-0.05, 0) is 30.4 Å². The maximum Gasteiger partial charge on any atom is 0.358 e. The van der Waals surface area contributed by atoms with E-state index in [1.165, 1.54) is 29.3 Å². The molecule has 0 atom stereocenters. The van der Waals surface area contributed by atoms with Gasteiger partial charge in [-0.2, -0.15) is 0 Å². The molecule has 0 aliphatic heterocycles. The van der Waals surface area contributed by atoms with Crippen molar-refractivity contribution in [3.8, 4) is 11.1 Å². The molecule has 9 heteroatoms. The molecule has 1 saturated carbocycles. The second kappa shape index (κ2) is 5.51. The molecule has 0 aromatic carbocycles. The molecule has 26 heavy (non-hydrogen) atoms. The molecule has 130 valence electrons. The number of pyridine rings is 1. The topological polar surface area (TPSA) is 111 Å². The van der Waals surface area contributed by atoms with Crippen molar-refractivity contribution in [2.24, 2.45) is 0 Å². The van der Waals surface area contributed by atoms with Gasteiger partial charge in [0, 0.05) is 23.5 Å². The number of hydrogen-bond acceptors (Lipinski definition) is 6. The van der Waals surface area contributed by atoms with Crippen LogP contribution in [0.1, 0.15) is 40.5 Å². The summed E-state index contributed by atoms with van der Waals surface area (Å²) in [4.78, 5) is 15.6. The van der Waals surface area contributed by atoms with Gasteiger partial charge in [-0.1, -0.05) is 10.4 Å². The van der Waals surface area contributed by atoms with Crippen molar-refractivity contribution < 1.29 is 14.4 Å². The summed E-state index contributed by atoms with van der Waals surface area (Å²) in [6.07, 6.45) is 11.1. The summed E-state index contributed by atoms with van der Waals surface area (Å²) >= 11 is 0. The molecule has 1 aliphatic carbocycles. The van der Waals surface area contributed by atoms with Gasteiger partial charge in [-0.15, -0.1) is 5.10 Å². The fourth-order valence-corrected chi connectivity index (χ4v) is 3.08. The van der Waals surface area contributed by atoms with Crippen LogP contribution in [-0.4, -0.2) is 40.6 Å². The molecule has 1 N–H and O–H groups in total. The summed E-state index contributed by atoms with van der Waals surface area (Å²) in [5.41, 5.74) is 4.58. The number of imidazole rings is 1. The second-order valence-corrected chi connectivity index (χ2v) is 6.44. The number of hydrogen-bond donors (Lipinski definition) is 1. The van der Waals surface area contributed by atoms with E-state index < -0.39 is 5.97 Å². The monoisotopic (exact) mass is 350 g/mol. The molecule has 4 aromatic heterocycles. The number of nitrogens with zero attached hydrogens (tertiary/aromatic N) is 6. The Hall–Kier alpha value is -3.49. The molecule has 4 aromatic rings. The lowest BCUT2D eigenvalue weighted by atomic mass is 10.1. The summed E-state index contributed by atoms with van der Waals surface area (Å²) < 4.78 is 8.46. The Balaban J connectivity index is 1.57. The number of carboxylic acid groups (broad SMARTS) is 1. The quantitative estimate of drug-likeness (QED) is 0.587. The van der Waals surface area contributed by atoms with Crippen molar-refractivity contribution in [3.63, 3.8) is 0 Å². The molecule has 0 radical (unpaired) electrons. The number of carboxylic acids is 1. The van der Waals surface area contributed by atoms with E-state index in [1.807, 2.05) is 10.6 Å². The number of aromatic carboxylic acids is 1. The molecule has 5 rings (SSSR count). The minimum atomic E-state index is -1.10. The zero-order valence-electron chi connectivity index (χ0n) is 13.6. The van der Waals surface area contributed by atoms with Gasteiger partial charge in [0.2, 0.25) is 0 Å². The SMILES string of the molecule is O=C(O)c1cn(Cc2cn3cc(C4CC4)cc(-c4cnoc4)c3n2)nn1. The lowest BCUT2D eigenvalue weighted by molar-refractivity contribution is 0.0690. The lowest BCUT2D eigenvalue weighted by Crippen LogP contribution is -2.00. The van der Waals surface area contributed by atoms with Gasteiger partial charge in [0.25, 0.3) is 0 Å². The molecule has 0 spiro atoms. The Bertz CT molecular complexity index is 1110. The Kier molecular flexibility index (Phi) is 3.14. The van der Waals surface area contributed by atoms with Crippen LogP contribution in [-0.2, 0) is 6.54 Å². The predicted molar refractivity (Wildman–Crippen MR) is 88.7 cm³/mol. The molecular weight excluding hydrogens is 336 g/mol. The van der Waals surface area contributed by atoms with Gasteiger partial charge < -0.3 is 14.0 Å². The van der Waals surface area contributed by atoms with Crippen LogP contribution in [0, 0.1) is 0 Å².